The van der Waals surface area contributed by atoms with E-state index in [-0.39, 0.29) is 22.5 Å². The van der Waals surface area contributed by atoms with Crippen LogP contribution in [-0.2, 0) is 0 Å². The fourth-order valence-electron chi connectivity index (χ4n) is 1.53. The van der Waals surface area contributed by atoms with Crippen LogP contribution in [0.1, 0.15) is 19.0 Å². The molecule has 0 aliphatic carbocycles. The van der Waals surface area contributed by atoms with Crippen molar-refractivity contribution in [3.8, 4) is 0 Å². The molecule has 1 heterocycles. The van der Waals surface area contributed by atoms with Crippen LogP contribution < -0.4 is 5.32 Å². The molecule has 8 nitrogen and oxygen atoms in total. The van der Waals surface area contributed by atoms with Crippen LogP contribution in [0.2, 0.25) is 5.28 Å². The zero-order chi connectivity index (χ0) is 14.6. The van der Waals surface area contributed by atoms with Crippen LogP contribution in [-0.4, -0.2) is 43.9 Å². The third-order valence-corrected chi connectivity index (χ3v) is 3.05. The lowest BCUT2D eigenvalue weighted by Crippen LogP contribution is -2.45. The molecule has 0 amide bonds. The van der Waals surface area contributed by atoms with Crippen LogP contribution in [0.4, 0.5) is 11.5 Å². The fourth-order valence-corrected chi connectivity index (χ4v) is 1.74. The van der Waals surface area contributed by atoms with E-state index in [9.17, 15) is 20.3 Å². The Kier molecular flexibility index (Phi) is 4.98. The number of aromatic nitrogens is 2. The van der Waals surface area contributed by atoms with Crippen LogP contribution in [0.5, 0.6) is 0 Å². The lowest BCUT2D eigenvalue weighted by Gasteiger charge is -2.30. The van der Waals surface area contributed by atoms with Crippen LogP contribution in [0, 0.1) is 17.0 Å². The maximum Gasteiger partial charge on any atom is 0.332 e. The first-order valence-electron chi connectivity index (χ1n) is 5.57. The van der Waals surface area contributed by atoms with Crippen molar-refractivity contribution >= 4 is 23.1 Å². The van der Waals surface area contributed by atoms with E-state index < -0.39 is 23.7 Å². The van der Waals surface area contributed by atoms with Gasteiger partial charge in [0.25, 0.3) is 0 Å². The van der Waals surface area contributed by atoms with Crippen LogP contribution >= 0.6 is 11.6 Å². The Morgan fingerprint density at radius 3 is 2.42 bits per heavy atom. The van der Waals surface area contributed by atoms with Gasteiger partial charge in [-0.2, -0.15) is 4.98 Å². The molecule has 0 spiro atoms. The highest BCUT2D eigenvalue weighted by Gasteiger charge is 2.31. The summed E-state index contributed by atoms with van der Waals surface area (Å²) >= 11 is 5.68. The highest BCUT2D eigenvalue weighted by molar-refractivity contribution is 6.28. The third-order valence-electron chi connectivity index (χ3n) is 2.88. The summed E-state index contributed by atoms with van der Waals surface area (Å²) in [5, 5.41) is 32.2. The molecule has 1 rings (SSSR count). The number of halogens is 1. The van der Waals surface area contributed by atoms with E-state index in [1.165, 1.54) is 6.92 Å². The normalized spacial score (nSPS) is 11.4. The smallest absolute Gasteiger partial charge is 0.332 e. The monoisotopic (exact) mass is 290 g/mol. The number of anilines is 1. The number of aryl methyl sites for hydroxylation is 1. The first-order chi connectivity index (χ1) is 8.89. The van der Waals surface area contributed by atoms with Crippen molar-refractivity contribution in [3.05, 3.63) is 21.1 Å². The molecule has 0 unspecified atom stereocenters. The lowest BCUT2D eigenvalue weighted by molar-refractivity contribution is -0.385. The first kappa shape index (κ1) is 15.5. The van der Waals surface area contributed by atoms with Gasteiger partial charge >= 0.3 is 5.69 Å². The zero-order valence-electron chi connectivity index (χ0n) is 10.6. The van der Waals surface area contributed by atoms with Crippen molar-refractivity contribution in [3.63, 3.8) is 0 Å². The second-order valence-electron chi connectivity index (χ2n) is 4.11. The Morgan fingerprint density at radius 2 is 2.00 bits per heavy atom. The van der Waals surface area contributed by atoms with Crippen molar-refractivity contribution in [2.45, 2.75) is 25.8 Å². The highest BCUT2D eigenvalue weighted by Crippen LogP contribution is 2.29. The van der Waals surface area contributed by atoms with Crippen LogP contribution in [0.15, 0.2) is 0 Å². The Morgan fingerprint density at radius 1 is 1.42 bits per heavy atom. The topological polar surface area (TPSA) is 121 Å². The minimum Gasteiger partial charge on any atom is -0.394 e. The number of aliphatic hydroxyl groups excluding tert-OH is 2. The molecule has 19 heavy (non-hydrogen) atoms. The van der Waals surface area contributed by atoms with Crippen molar-refractivity contribution in [2.24, 2.45) is 0 Å². The molecule has 0 atom stereocenters. The van der Waals surface area contributed by atoms with Gasteiger partial charge in [0.1, 0.15) is 5.69 Å². The molecular weight excluding hydrogens is 276 g/mol. The fraction of sp³-hybridized carbons (Fsp3) is 0.600. The van der Waals surface area contributed by atoms with Gasteiger partial charge in [-0.05, 0) is 24.9 Å². The summed E-state index contributed by atoms with van der Waals surface area (Å²) in [6.45, 7) is 2.35. The number of aliphatic hydroxyl groups is 2. The zero-order valence-corrected chi connectivity index (χ0v) is 11.3. The number of hydrogen-bond donors (Lipinski definition) is 3. The molecule has 0 bridgehead atoms. The quantitative estimate of drug-likeness (QED) is 0.404. The Balaban J connectivity index is 3.30. The van der Waals surface area contributed by atoms with E-state index in [0.717, 1.165) is 0 Å². The average Bonchev–Trinajstić information content (AvgIpc) is 2.34. The predicted molar refractivity (Wildman–Crippen MR) is 69.2 cm³/mol. The average molecular weight is 291 g/mol. The minimum absolute atomic E-state index is 0.105. The van der Waals surface area contributed by atoms with Gasteiger partial charge in [-0.1, -0.05) is 6.92 Å². The Bertz CT molecular complexity index is 471. The Labute approximate surface area is 114 Å². The molecule has 3 N–H and O–H groups in total. The van der Waals surface area contributed by atoms with E-state index in [0.29, 0.717) is 6.42 Å². The number of rotatable bonds is 6. The summed E-state index contributed by atoms with van der Waals surface area (Å²) in [6, 6.07) is 0. The van der Waals surface area contributed by atoms with E-state index in [1.807, 2.05) is 0 Å². The van der Waals surface area contributed by atoms with Gasteiger partial charge in [0.15, 0.2) is 0 Å². The van der Waals surface area contributed by atoms with E-state index in [4.69, 9.17) is 11.6 Å². The van der Waals surface area contributed by atoms with Gasteiger partial charge in [-0.15, -0.1) is 0 Å². The molecule has 0 saturated carbocycles. The number of hydrogen-bond acceptors (Lipinski definition) is 7. The standard InChI is InChI=1S/C10H15ClN4O4/c1-3-10(4-16,5-17)14-8-7(15(18)19)6(2)12-9(11)13-8/h16-17H,3-5H2,1-2H3,(H,12,13,14). The lowest BCUT2D eigenvalue weighted by atomic mass is 9.98. The van der Waals surface area contributed by atoms with Gasteiger partial charge in [0, 0.05) is 0 Å². The summed E-state index contributed by atoms with van der Waals surface area (Å²) in [5.41, 5.74) is -1.33. The van der Waals surface area contributed by atoms with Gasteiger partial charge in [0.2, 0.25) is 11.1 Å². The number of nitrogens with zero attached hydrogens (tertiary/aromatic N) is 3. The summed E-state index contributed by atoms with van der Waals surface area (Å²) in [6.07, 6.45) is 0.345. The molecule has 0 radical (unpaired) electrons. The van der Waals surface area contributed by atoms with Gasteiger partial charge in [-0.25, -0.2) is 4.98 Å². The van der Waals surface area contributed by atoms with Gasteiger partial charge in [-0.3, -0.25) is 10.1 Å². The van der Waals surface area contributed by atoms with Crippen molar-refractivity contribution in [1.29, 1.82) is 0 Å². The molecule has 0 aliphatic rings. The van der Waals surface area contributed by atoms with Crippen molar-refractivity contribution < 1.29 is 15.1 Å². The molecule has 0 fully saturated rings. The largest absolute Gasteiger partial charge is 0.394 e. The van der Waals surface area contributed by atoms with E-state index in [2.05, 4.69) is 15.3 Å². The first-order valence-corrected chi connectivity index (χ1v) is 5.95. The molecular formula is C10H15ClN4O4. The van der Waals surface area contributed by atoms with E-state index in [1.54, 1.807) is 6.92 Å². The van der Waals surface area contributed by atoms with Crippen molar-refractivity contribution in [2.75, 3.05) is 18.5 Å². The van der Waals surface area contributed by atoms with Gasteiger partial charge in [0.05, 0.1) is 23.7 Å². The summed E-state index contributed by atoms with van der Waals surface area (Å²) < 4.78 is 0. The van der Waals surface area contributed by atoms with E-state index >= 15 is 0 Å². The van der Waals surface area contributed by atoms with Gasteiger partial charge < -0.3 is 15.5 Å². The van der Waals surface area contributed by atoms with Crippen molar-refractivity contribution in [1.82, 2.24) is 9.97 Å². The van der Waals surface area contributed by atoms with Crippen LogP contribution in [0.25, 0.3) is 0 Å². The molecule has 9 heteroatoms. The maximum atomic E-state index is 11.0. The second kappa shape index (κ2) is 6.09. The molecule has 1 aromatic heterocycles. The predicted octanol–water partition coefficient (Wildman–Crippen LogP) is 0.892. The molecule has 1 aromatic rings. The number of nitrogens with one attached hydrogen (secondary N) is 1. The molecule has 0 aromatic carbocycles. The Hall–Kier alpha value is -1.51. The molecule has 0 saturated heterocycles. The highest BCUT2D eigenvalue weighted by atomic mass is 35.5. The molecule has 0 aliphatic heterocycles. The SMILES string of the molecule is CCC(CO)(CO)Nc1nc(Cl)nc(C)c1[N+](=O)[O-]. The number of nitro groups is 1. The molecule has 106 valence electrons. The maximum absolute atomic E-state index is 11.0. The van der Waals surface area contributed by atoms with Crippen LogP contribution in [0.3, 0.4) is 0 Å². The summed E-state index contributed by atoms with van der Waals surface area (Å²) in [5.74, 6) is -0.118. The summed E-state index contributed by atoms with van der Waals surface area (Å²) in [7, 11) is 0. The summed E-state index contributed by atoms with van der Waals surface area (Å²) in [4.78, 5) is 17.9. The minimum atomic E-state index is -1.10. The third kappa shape index (κ3) is 3.28. The second-order valence-corrected chi connectivity index (χ2v) is 4.45.